The number of hydrogen-bond donors (Lipinski definition) is 2. The van der Waals surface area contributed by atoms with Crippen LogP contribution in [0.3, 0.4) is 0 Å². The highest BCUT2D eigenvalue weighted by atomic mass is 19.1. The molecule has 0 bridgehead atoms. The van der Waals surface area contributed by atoms with Crippen LogP contribution in [0.1, 0.15) is 40.5 Å². The number of rotatable bonds is 6. The highest BCUT2D eigenvalue weighted by Gasteiger charge is 2.18. The van der Waals surface area contributed by atoms with Gasteiger partial charge in [-0.15, -0.1) is 0 Å². The third-order valence-electron chi connectivity index (χ3n) is 3.07. The number of amides is 2. The van der Waals surface area contributed by atoms with Gasteiger partial charge in [0.1, 0.15) is 5.82 Å². The predicted molar refractivity (Wildman–Crippen MR) is 85.9 cm³/mol. The number of hydrogen-bond acceptors (Lipinski definition) is 2. The van der Waals surface area contributed by atoms with Gasteiger partial charge in [0.25, 0.3) is 0 Å². The summed E-state index contributed by atoms with van der Waals surface area (Å²) in [5, 5.41) is 5.20. The Morgan fingerprint density at radius 1 is 1.14 bits per heavy atom. The van der Waals surface area contributed by atoms with Crippen LogP contribution in [-0.4, -0.2) is 18.4 Å². The largest absolute Gasteiger partial charge is 0.347 e. The first-order valence-corrected chi connectivity index (χ1v) is 7.48. The zero-order valence-electron chi connectivity index (χ0n) is 13.7. The number of carbonyl (C=O) groups is 2. The third-order valence-corrected chi connectivity index (χ3v) is 3.07. The van der Waals surface area contributed by atoms with Crippen LogP contribution >= 0.6 is 0 Å². The van der Waals surface area contributed by atoms with E-state index in [9.17, 15) is 14.0 Å². The second-order valence-electron chi connectivity index (χ2n) is 6.91. The van der Waals surface area contributed by atoms with Gasteiger partial charge < -0.3 is 10.6 Å². The third kappa shape index (κ3) is 7.76. The van der Waals surface area contributed by atoms with Crippen LogP contribution in [0.5, 0.6) is 0 Å². The number of nitrogens with one attached hydrogen (secondary N) is 2. The molecular formula is C17H25FN2O2. The molecule has 0 aliphatic carbocycles. The molecule has 0 aliphatic rings. The highest BCUT2D eigenvalue weighted by molar-refractivity contribution is 5.94. The molecule has 1 aromatic rings. The van der Waals surface area contributed by atoms with Crippen LogP contribution in [0.2, 0.25) is 0 Å². The second-order valence-corrected chi connectivity index (χ2v) is 6.91. The van der Waals surface area contributed by atoms with Crippen LogP contribution < -0.4 is 10.6 Å². The van der Waals surface area contributed by atoms with Gasteiger partial charge in [0.15, 0.2) is 0 Å². The van der Waals surface area contributed by atoms with Crippen molar-refractivity contribution in [1.82, 2.24) is 5.32 Å². The smallest absolute Gasteiger partial charge is 0.243 e. The Balaban J connectivity index is 2.31. The normalized spacial score (nSPS) is 12.6. The molecule has 4 nitrogen and oxygen atoms in total. The fourth-order valence-corrected chi connectivity index (χ4v) is 2.42. The monoisotopic (exact) mass is 308 g/mol. The molecular weight excluding hydrogens is 283 g/mol. The number of anilines is 1. The summed E-state index contributed by atoms with van der Waals surface area (Å²) in [6, 6.07) is 5.48. The molecule has 0 aromatic heterocycles. The van der Waals surface area contributed by atoms with E-state index in [1.54, 1.807) is 0 Å². The lowest BCUT2D eigenvalue weighted by Crippen LogP contribution is -2.33. The quantitative estimate of drug-likeness (QED) is 0.847. The van der Waals surface area contributed by atoms with Crippen molar-refractivity contribution in [3.05, 3.63) is 30.1 Å². The summed E-state index contributed by atoms with van der Waals surface area (Å²) >= 11 is 0. The standard InChI is InChI=1S/C17H25FN2O2/c1-12(10-17(2,3)4)9-15(21)19-11-16(22)20-14-7-5-13(18)6-8-14/h5-8,12H,9-11H2,1-4H3,(H,19,21)(H,20,22). The molecule has 0 saturated heterocycles. The Kier molecular flexibility index (Phi) is 6.53. The highest BCUT2D eigenvalue weighted by Crippen LogP contribution is 2.25. The van der Waals surface area contributed by atoms with E-state index in [1.165, 1.54) is 24.3 Å². The van der Waals surface area contributed by atoms with Crippen LogP contribution in [0.15, 0.2) is 24.3 Å². The van der Waals surface area contributed by atoms with Gasteiger partial charge in [-0.2, -0.15) is 0 Å². The molecule has 1 unspecified atom stereocenters. The Labute approximate surface area is 131 Å². The maximum atomic E-state index is 12.7. The lowest BCUT2D eigenvalue weighted by atomic mass is 9.84. The van der Waals surface area contributed by atoms with E-state index >= 15 is 0 Å². The second kappa shape index (κ2) is 7.92. The van der Waals surface area contributed by atoms with Crippen LogP contribution in [-0.2, 0) is 9.59 Å². The minimum atomic E-state index is -0.362. The molecule has 0 aliphatic heterocycles. The fraction of sp³-hybridized carbons (Fsp3) is 0.529. The fourth-order valence-electron chi connectivity index (χ4n) is 2.42. The molecule has 0 radical (unpaired) electrons. The number of benzene rings is 1. The summed E-state index contributed by atoms with van der Waals surface area (Å²) in [5.74, 6) is -0.561. The molecule has 0 heterocycles. The van der Waals surface area contributed by atoms with Crippen molar-refractivity contribution in [2.24, 2.45) is 11.3 Å². The molecule has 2 N–H and O–H groups in total. The van der Waals surface area contributed by atoms with Crippen LogP contribution in [0.4, 0.5) is 10.1 Å². The summed E-state index contributed by atoms with van der Waals surface area (Å²) in [6.07, 6.45) is 1.35. The SMILES string of the molecule is CC(CC(=O)NCC(=O)Nc1ccc(F)cc1)CC(C)(C)C. The number of carbonyl (C=O) groups excluding carboxylic acids is 2. The van der Waals surface area contributed by atoms with Gasteiger partial charge in [0, 0.05) is 12.1 Å². The van der Waals surface area contributed by atoms with Gasteiger partial charge in [0.2, 0.25) is 11.8 Å². The molecule has 5 heteroatoms. The van der Waals surface area contributed by atoms with Gasteiger partial charge in [-0.25, -0.2) is 4.39 Å². The van der Waals surface area contributed by atoms with E-state index in [4.69, 9.17) is 0 Å². The Morgan fingerprint density at radius 3 is 2.27 bits per heavy atom. The number of halogens is 1. The van der Waals surface area contributed by atoms with E-state index < -0.39 is 0 Å². The van der Waals surface area contributed by atoms with Gasteiger partial charge in [-0.05, 0) is 42.0 Å². The molecule has 1 rings (SSSR count). The molecule has 2 amide bonds. The topological polar surface area (TPSA) is 58.2 Å². The average molecular weight is 308 g/mol. The molecule has 122 valence electrons. The molecule has 0 saturated carbocycles. The van der Waals surface area contributed by atoms with E-state index in [0.717, 1.165) is 6.42 Å². The van der Waals surface area contributed by atoms with Crippen molar-refractivity contribution in [3.8, 4) is 0 Å². The Hall–Kier alpha value is -1.91. The molecule has 22 heavy (non-hydrogen) atoms. The minimum Gasteiger partial charge on any atom is -0.347 e. The summed E-state index contributed by atoms with van der Waals surface area (Å²) < 4.78 is 12.7. The van der Waals surface area contributed by atoms with Crippen molar-refractivity contribution in [3.63, 3.8) is 0 Å². The zero-order chi connectivity index (χ0) is 16.8. The van der Waals surface area contributed by atoms with Gasteiger partial charge in [-0.3, -0.25) is 9.59 Å². The van der Waals surface area contributed by atoms with Gasteiger partial charge in [-0.1, -0.05) is 27.7 Å². The molecule has 0 spiro atoms. The lowest BCUT2D eigenvalue weighted by molar-refractivity contribution is -0.124. The van der Waals surface area contributed by atoms with E-state index in [0.29, 0.717) is 12.1 Å². The van der Waals surface area contributed by atoms with Crippen molar-refractivity contribution in [2.75, 3.05) is 11.9 Å². The maximum Gasteiger partial charge on any atom is 0.243 e. The minimum absolute atomic E-state index is 0.0849. The summed E-state index contributed by atoms with van der Waals surface area (Å²) in [7, 11) is 0. The summed E-state index contributed by atoms with van der Waals surface area (Å²) in [4.78, 5) is 23.5. The van der Waals surface area contributed by atoms with Crippen molar-refractivity contribution in [2.45, 2.75) is 40.5 Å². The Bertz CT molecular complexity index is 506. The van der Waals surface area contributed by atoms with Gasteiger partial charge >= 0.3 is 0 Å². The van der Waals surface area contributed by atoms with Gasteiger partial charge in [0.05, 0.1) is 6.54 Å². The van der Waals surface area contributed by atoms with E-state index in [1.807, 2.05) is 6.92 Å². The van der Waals surface area contributed by atoms with E-state index in [2.05, 4.69) is 31.4 Å². The van der Waals surface area contributed by atoms with Crippen LogP contribution in [0, 0.1) is 17.2 Å². The lowest BCUT2D eigenvalue weighted by Gasteiger charge is -2.22. The van der Waals surface area contributed by atoms with Crippen molar-refractivity contribution in [1.29, 1.82) is 0 Å². The first-order valence-electron chi connectivity index (χ1n) is 7.48. The first kappa shape index (κ1) is 18.1. The maximum absolute atomic E-state index is 12.7. The first-order chi connectivity index (χ1) is 10.2. The molecule has 0 fully saturated rings. The summed E-state index contributed by atoms with van der Waals surface area (Å²) in [6.45, 7) is 8.36. The van der Waals surface area contributed by atoms with E-state index in [-0.39, 0.29) is 35.5 Å². The van der Waals surface area contributed by atoms with Crippen molar-refractivity contribution >= 4 is 17.5 Å². The van der Waals surface area contributed by atoms with Crippen LogP contribution in [0.25, 0.3) is 0 Å². The summed E-state index contributed by atoms with van der Waals surface area (Å²) in [5.41, 5.74) is 0.682. The average Bonchev–Trinajstić information content (AvgIpc) is 2.37. The molecule has 1 atom stereocenters. The Morgan fingerprint density at radius 2 is 1.73 bits per heavy atom. The van der Waals surface area contributed by atoms with Crippen molar-refractivity contribution < 1.29 is 14.0 Å². The molecule has 1 aromatic carbocycles. The zero-order valence-corrected chi connectivity index (χ0v) is 13.7. The predicted octanol–water partition coefficient (Wildman–Crippen LogP) is 3.34.